The summed E-state index contributed by atoms with van der Waals surface area (Å²) >= 11 is 1.64. The molecule has 4 aromatic rings. The monoisotopic (exact) mass is 484 g/mol. The second kappa shape index (κ2) is 10.4. The second-order valence-corrected chi connectivity index (χ2v) is 9.40. The first kappa shape index (κ1) is 23.3. The van der Waals surface area contributed by atoms with Crippen LogP contribution in [0.1, 0.15) is 21.6 Å². The minimum absolute atomic E-state index is 0.113. The maximum atomic E-state index is 12.7. The molecule has 2 N–H and O–H groups in total. The highest BCUT2D eigenvalue weighted by Crippen LogP contribution is 2.23. The van der Waals surface area contributed by atoms with Crippen molar-refractivity contribution in [1.29, 1.82) is 0 Å². The first-order chi connectivity index (χ1) is 17.1. The average molecular weight is 485 g/mol. The van der Waals surface area contributed by atoms with Gasteiger partial charge in [0.25, 0.3) is 5.91 Å². The molecule has 35 heavy (non-hydrogen) atoms. The van der Waals surface area contributed by atoms with E-state index in [9.17, 15) is 4.79 Å². The Morgan fingerprint density at radius 3 is 2.71 bits per heavy atom. The predicted molar refractivity (Wildman–Crippen MR) is 142 cm³/mol. The number of pyridine rings is 3. The molecular weight excluding hydrogens is 456 g/mol. The van der Waals surface area contributed by atoms with Gasteiger partial charge in [-0.05, 0) is 61.2 Å². The van der Waals surface area contributed by atoms with E-state index in [1.165, 1.54) is 5.56 Å². The first-order valence-electron chi connectivity index (χ1n) is 11.7. The fraction of sp³-hybridized carbons (Fsp3) is 0.259. The summed E-state index contributed by atoms with van der Waals surface area (Å²) in [6, 6.07) is 17.8. The molecule has 8 heteroatoms. The number of hydrogen-bond donors (Lipinski definition) is 2. The van der Waals surface area contributed by atoms with Crippen LogP contribution in [0.15, 0.2) is 65.7 Å². The van der Waals surface area contributed by atoms with Gasteiger partial charge in [-0.2, -0.15) is 0 Å². The Bertz CT molecular complexity index is 1370. The molecule has 178 valence electrons. The molecule has 5 rings (SSSR count). The van der Waals surface area contributed by atoms with Crippen molar-refractivity contribution < 1.29 is 4.79 Å². The van der Waals surface area contributed by atoms with E-state index in [1.54, 1.807) is 18.0 Å². The quantitative estimate of drug-likeness (QED) is 0.399. The maximum Gasteiger partial charge on any atom is 0.251 e. The molecule has 3 aromatic heterocycles. The highest BCUT2D eigenvalue weighted by atomic mass is 32.2. The number of nitrogens with one attached hydrogen (secondary N) is 2. The van der Waals surface area contributed by atoms with Crippen LogP contribution < -0.4 is 15.5 Å². The van der Waals surface area contributed by atoms with Crippen LogP contribution in [0.5, 0.6) is 0 Å². The molecule has 1 aromatic carbocycles. The van der Waals surface area contributed by atoms with E-state index < -0.39 is 0 Å². The molecule has 1 saturated heterocycles. The largest absolute Gasteiger partial charge is 0.354 e. The van der Waals surface area contributed by atoms with Gasteiger partial charge in [-0.15, -0.1) is 11.8 Å². The predicted octanol–water partition coefficient (Wildman–Crippen LogP) is 4.06. The third-order valence-corrected chi connectivity index (χ3v) is 7.05. The lowest BCUT2D eigenvalue weighted by molar-refractivity contribution is 0.0950. The minimum Gasteiger partial charge on any atom is -0.354 e. The van der Waals surface area contributed by atoms with Gasteiger partial charge in [0.1, 0.15) is 5.82 Å². The van der Waals surface area contributed by atoms with Crippen molar-refractivity contribution in [2.45, 2.75) is 18.4 Å². The first-order valence-corrected chi connectivity index (χ1v) is 12.9. The van der Waals surface area contributed by atoms with Gasteiger partial charge in [-0.1, -0.05) is 12.1 Å². The Labute approximate surface area is 209 Å². The Hall–Kier alpha value is -3.49. The normalized spacial score (nSPS) is 13.7. The van der Waals surface area contributed by atoms with Gasteiger partial charge in [-0.25, -0.2) is 9.97 Å². The summed E-state index contributed by atoms with van der Waals surface area (Å²) in [5.41, 5.74) is 5.07. The summed E-state index contributed by atoms with van der Waals surface area (Å²) in [6.45, 7) is 6.21. The van der Waals surface area contributed by atoms with E-state index in [4.69, 9.17) is 9.97 Å². The highest BCUT2D eigenvalue weighted by molar-refractivity contribution is 7.98. The number of carbonyl (C=O) groups excluding carboxylic acids is 1. The molecule has 7 nitrogen and oxygen atoms in total. The fourth-order valence-electron chi connectivity index (χ4n) is 4.17. The van der Waals surface area contributed by atoms with Gasteiger partial charge in [-0.3, -0.25) is 9.78 Å². The van der Waals surface area contributed by atoms with E-state index in [0.717, 1.165) is 64.9 Å². The summed E-state index contributed by atoms with van der Waals surface area (Å²) in [6.07, 6.45) is 3.82. The number of hydrogen-bond acceptors (Lipinski definition) is 7. The van der Waals surface area contributed by atoms with Crippen molar-refractivity contribution in [1.82, 2.24) is 25.6 Å². The summed E-state index contributed by atoms with van der Waals surface area (Å²) in [7, 11) is 0. The van der Waals surface area contributed by atoms with Gasteiger partial charge in [0.05, 0.1) is 29.1 Å². The van der Waals surface area contributed by atoms with Crippen molar-refractivity contribution in [2.24, 2.45) is 0 Å². The lowest BCUT2D eigenvalue weighted by atomic mass is 10.1. The lowest BCUT2D eigenvalue weighted by Crippen LogP contribution is -2.43. The molecule has 0 aliphatic carbocycles. The molecular formula is C27H28N6OS. The van der Waals surface area contributed by atoms with Crippen LogP contribution >= 0.6 is 11.8 Å². The topological polar surface area (TPSA) is 83.0 Å². The zero-order valence-corrected chi connectivity index (χ0v) is 20.7. The van der Waals surface area contributed by atoms with E-state index >= 15 is 0 Å². The second-order valence-electron chi connectivity index (χ2n) is 8.55. The van der Waals surface area contributed by atoms with Crippen molar-refractivity contribution >= 4 is 34.4 Å². The van der Waals surface area contributed by atoms with Crippen LogP contribution in [-0.2, 0) is 6.54 Å². The smallest absolute Gasteiger partial charge is 0.251 e. The number of aryl methyl sites for hydroxylation is 1. The highest BCUT2D eigenvalue weighted by Gasteiger charge is 2.13. The number of anilines is 1. The number of nitrogens with zero attached hydrogens (tertiary/aromatic N) is 4. The van der Waals surface area contributed by atoms with Crippen LogP contribution in [0.4, 0.5) is 5.82 Å². The maximum absolute atomic E-state index is 12.7. The van der Waals surface area contributed by atoms with Crippen LogP contribution in [0.25, 0.3) is 22.3 Å². The lowest BCUT2D eigenvalue weighted by Gasteiger charge is -2.28. The summed E-state index contributed by atoms with van der Waals surface area (Å²) in [5, 5.41) is 7.30. The van der Waals surface area contributed by atoms with Crippen molar-refractivity contribution in [3.05, 3.63) is 77.6 Å². The van der Waals surface area contributed by atoms with Crippen LogP contribution in [0, 0.1) is 6.92 Å². The molecule has 1 amide bonds. The fourth-order valence-corrected chi connectivity index (χ4v) is 4.80. The van der Waals surface area contributed by atoms with Gasteiger partial charge in [0.2, 0.25) is 0 Å². The number of amides is 1. The molecule has 1 aliphatic rings. The van der Waals surface area contributed by atoms with Crippen molar-refractivity contribution in [3.8, 4) is 11.4 Å². The zero-order valence-electron chi connectivity index (χ0n) is 19.9. The van der Waals surface area contributed by atoms with Crippen molar-refractivity contribution in [2.75, 3.05) is 37.3 Å². The minimum atomic E-state index is -0.113. The van der Waals surface area contributed by atoms with Gasteiger partial charge in [0, 0.05) is 48.2 Å². The molecule has 0 spiro atoms. The zero-order chi connectivity index (χ0) is 24.2. The number of rotatable bonds is 6. The standard InChI is InChI=1S/C27H28N6OS/c1-18-6-7-19(14-25(18)35-2)27(34)30-17-21-15-24-20(16-29-21)8-9-23(31-24)22-4-3-5-26(32-22)33-12-10-28-11-13-33/h3-9,14-16,28H,10-13,17H2,1-2H3,(H,30,34). The summed E-state index contributed by atoms with van der Waals surface area (Å²) in [4.78, 5) is 30.3. The van der Waals surface area contributed by atoms with Gasteiger partial charge >= 0.3 is 0 Å². The molecule has 4 heterocycles. The molecule has 0 atom stereocenters. The van der Waals surface area contributed by atoms with Gasteiger partial charge in [0.15, 0.2) is 0 Å². The SMILES string of the molecule is CSc1cc(C(=O)NCc2cc3nc(-c4cccc(N5CCNCC5)n4)ccc3cn2)ccc1C. The molecule has 0 bridgehead atoms. The molecule has 0 saturated carbocycles. The molecule has 0 radical (unpaired) electrons. The summed E-state index contributed by atoms with van der Waals surface area (Å²) in [5.74, 6) is 0.864. The van der Waals surface area contributed by atoms with Crippen LogP contribution in [-0.4, -0.2) is 53.3 Å². The molecule has 1 aliphatic heterocycles. The Morgan fingerprint density at radius 1 is 1.06 bits per heavy atom. The van der Waals surface area contributed by atoms with E-state index in [1.807, 2.05) is 61.7 Å². The summed E-state index contributed by atoms with van der Waals surface area (Å²) < 4.78 is 0. The number of benzene rings is 1. The number of aromatic nitrogens is 3. The molecule has 1 fully saturated rings. The van der Waals surface area contributed by atoms with E-state index in [2.05, 4.69) is 26.6 Å². The van der Waals surface area contributed by atoms with E-state index in [0.29, 0.717) is 12.1 Å². The Balaban J connectivity index is 1.33. The number of fused-ring (bicyclic) bond motifs is 1. The average Bonchev–Trinajstić information content (AvgIpc) is 2.92. The van der Waals surface area contributed by atoms with Crippen molar-refractivity contribution in [3.63, 3.8) is 0 Å². The van der Waals surface area contributed by atoms with Crippen LogP contribution in [0.2, 0.25) is 0 Å². The number of carbonyl (C=O) groups is 1. The number of thioether (sulfide) groups is 1. The third kappa shape index (κ3) is 5.28. The van der Waals surface area contributed by atoms with E-state index in [-0.39, 0.29) is 5.91 Å². The van der Waals surface area contributed by atoms with Gasteiger partial charge < -0.3 is 15.5 Å². The Morgan fingerprint density at radius 2 is 1.89 bits per heavy atom. The molecule has 0 unspecified atom stereocenters. The number of piperazine rings is 1. The Kier molecular flexibility index (Phi) is 6.92. The third-order valence-electron chi connectivity index (χ3n) is 6.17. The van der Waals surface area contributed by atoms with Crippen LogP contribution in [0.3, 0.4) is 0 Å².